The van der Waals surface area contributed by atoms with E-state index in [2.05, 4.69) is 35.1 Å². The highest BCUT2D eigenvalue weighted by molar-refractivity contribution is 9.10. The normalized spacial score (nSPS) is 10.7. The van der Waals surface area contributed by atoms with Crippen LogP contribution in [0.3, 0.4) is 0 Å². The van der Waals surface area contributed by atoms with Crippen molar-refractivity contribution >= 4 is 27.5 Å². The molecular weight excluding hydrogens is 321 g/mol. The van der Waals surface area contributed by atoms with Crippen LogP contribution >= 0.6 is 15.9 Å². The summed E-state index contributed by atoms with van der Waals surface area (Å²) in [7, 11) is 0. The Hall–Kier alpha value is -1.68. The maximum absolute atomic E-state index is 13.7. The number of anilines is 1. The molecule has 0 unspecified atom stereocenters. The van der Waals surface area contributed by atoms with Crippen LogP contribution in [-0.4, -0.2) is 5.91 Å². The van der Waals surface area contributed by atoms with Crippen molar-refractivity contribution in [2.75, 3.05) is 5.32 Å². The molecular formula is C16H15BrFNO. The SMILES string of the molecule is CC(C)c1ccc(NC(=O)c2ccc(Br)cc2F)cc1. The Balaban J connectivity index is 2.15. The third-order valence-electron chi connectivity index (χ3n) is 3.01. The van der Waals surface area contributed by atoms with Crippen LogP contribution in [0.1, 0.15) is 35.7 Å². The van der Waals surface area contributed by atoms with Gasteiger partial charge in [-0.15, -0.1) is 0 Å². The van der Waals surface area contributed by atoms with E-state index >= 15 is 0 Å². The molecule has 4 heteroatoms. The maximum atomic E-state index is 13.7. The van der Waals surface area contributed by atoms with E-state index in [1.54, 1.807) is 6.07 Å². The third-order valence-corrected chi connectivity index (χ3v) is 3.50. The first kappa shape index (κ1) is 14.7. The molecule has 0 aliphatic rings. The Bertz CT molecular complexity index is 623. The molecule has 20 heavy (non-hydrogen) atoms. The van der Waals surface area contributed by atoms with Gasteiger partial charge in [-0.3, -0.25) is 4.79 Å². The van der Waals surface area contributed by atoms with Crippen molar-refractivity contribution in [3.63, 3.8) is 0 Å². The summed E-state index contributed by atoms with van der Waals surface area (Å²) in [5.41, 5.74) is 1.88. The molecule has 2 aromatic carbocycles. The first-order valence-electron chi connectivity index (χ1n) is 6.33. The van der Waals surface area contributed by atoms with Crippen molar-refractivity contribution in [1.29, 1.82) is 0 Å². The lowest BCUT2D eigenvalue weighted by Crippen LogP contribution is -2.13. The monoisotopic (exact) mass is 335 g/mol. The Labute approximate surface area is 126 Å². The zero-order chi connectivity index (χ0) is 14.7. The number of carbonyl (C=O) groups is 1. The largest absolute Gasteiger partial charge is 0.322 e. The fourth-order valence-electron chi connectivity index (χ4n) is 1.82. The minimum absolute atomic E-state index is 0.0288. The number of halogens is 2. The van der Waals surface area contributed by atoms with Crippen LogP contribution in [0.2, 0.25) is 0 Å². The second-order valence-corrected chi connectivity index (χ2v) is 5.77. The van der Waals surface area contributed by atoms with Gasteiger partial charge in [0.25, 0.3) is 5.91 Å². The summed E-state index contributed by atoms with van der Waals surface area (Å²) in [6.07, 6.45) is 0. The van der Waals surface area contributed by atoms with Crippen molar-refractivity contribution in [3.05, 3.63) is 63.9 Å². The lowest BCUT2D eigenvalue weighted by molar-refractivity contribution is 0.102. The predicted octanol–water partition coefficient (Wildman–Crippen LogP) is 4.96. The zero-order valence-corrected chi connectivity index (χ0v) is 12.9. The number of benzene rings is 2. The molecule has 1 N–H and O–H groups in total. The van der Waals surface area contributed by atoms with Crippen LogP contribution in [0, 0.1) is 5.82 Å². The van der Waals surface area contributed by atoms with Crippen LogP contribution in [-0.2, 0) is 0 Å². The molecule has 0 heterocycles. The van der Waals surface area contributed by atoms with E-state index in [1.165, 1.54) is 17.7 Å². The molecule has 2 nitrogen and oxygen atoms in total. The van der Waals surface area contributed by atoms with Gasteiger partial charge in [0.15, 0.2) is 0 Å². The molecule has 0 aromatic heterocycles. The topological polar surface area (TPSA) is 29.1 Å². The van der Waals surface area contributed by atoms with E-state index in [0.29, 0.717) is 16.1 Å². The van der Waals surface area contributed by atoms with Gasteiger partial charge in [-0.1, -0.05) is 41.9 Å². The first-order valence-corrected chi connectivity index (χ1v) is 7.13. The van der Waals surface area contributed by atoms with Gasteiger partial charge >= 0.3 is 0 Å². The summed E-state index contributed by atoms with van der Waals surface area (Å²) in [6, 6.07) is 11.9. The molecule has 0 saturated heterocycles. The van der Waals surface area contributed by atoms with E-state index in [0.717, 1.165) is 0 Å². The van der Waals surface area contributed by atoms with E-state index in [9.17, 15) is 9.18 Å². The Kier molecular flexibility index (Phi) is 4.55. The highest BCUT2D eigenvalue weighted by Crippen LogP contribution is 2.19. The van der Waals surface area contributed by atoms with Crippen molar-refractivity contribution in [2.24, 2.45) is 0 Å². The van der Waals surface area contributed by atoms with Gasteiger partial charge in [0.05, 0.1) is 5.56 Å². The van der Waals surface area contributed by atoms with Gasteiger partial charge in [-0.05, 0) is 41.8 Å². The van der Waals surface area contributed by atoms with Gasteiger partial charge < -0.3 is 5.32 Å². The van der Waals surface area contributed by atoms with Gasteiger partial charge in [-0.25, -0.2) is 4.39 Å². The molecule has 0 bridgehead atoms. The minimum atomic E-state index is -0.546. The van der Waals surface area contributed by atoms with Gasteiger partial charge in [0.2, 0.25) is 0 Å². The van der Waals surface area contributed by atoms with Gasteiger partial charge in [-0.2, -0.15) is 0 Å². The number of hydrogen-bond acceptors (Lipinski definition) is 1. The van der Waals surface area contributed by atoms with Crippen LogP contribution in [0.15, 0.2) is 46.9 Å². The molecule has 0 radical (unpaired) electrons. The second kappa shape index (κ2) is 6.18. The third kappa shape index (κ3) is 3.45. The lowest BCUT2D eigenvalue weighted by Gasteiger charge is -2.09. The average molecular weight is 336 g/mol. The van der Waals surface area contributed by atoms with E-state index in [-0.39, 0.29) is 5.56 Å². The highest BCUT2D eigenvalue weighted by atomic mass is 79.9. The Morgan fingerprint density at radius 1 is 1.15 bits per heavy atom. The smallest absolute Gasteiger partial charge is 0.258 e. The fourth-order valence-corrected chi connectivity index (χ4v) is 2.16. The highest BCUT2D eigenvalue weighted by Gasteiger charge is 2.12. The Morgan fingerprint density at radius 3 is 2.35 bits per heavy atom. The summed E-state index contributed by atoms with van der Waals surface area (Å²) in [5, 5.41) is 2.69. The molecule has 0 aliphatic heterocycles. The molecule has 2 aromatic rings. The molecule has 2 rings (SSSR count). The molecule has 0 fully saturated rings. The number of carbonyl (C=O) groups excluding carboxylic acids is 1. The van der Waals surface area contributed by atoms with Crippen LogP contribution < -0.4 is 5.32 Å². The molecule has 1 amide bonds. The van der Waals surface area contributed by atoms with E-state index in [1.807, 2.05) is 24.3 Å². The molecule has 0 aliphatic carbocycles. The standard InChI is InChI=1S/C16H15BrFNO/c1-10(2)11-3-6-13(7-4-11)19-16(20)14-8-5-12(17)9-15(14)18/h3-10H,1-2H3,(H,19,20). The Morgan fingerprint density at radius 2 is 1.80 bits per heavy atom. The van der Waals surface area contributed by atoms with Crippen molar-refractivity contribution in [1.82, 2.24) is 0 Å². The van der Waals surface area contributed by atoms with E-state index < -0.39 is 11.7 Å². The van der Waals surface area contributed by atoms with Crippen molar-refractivity contribution < 1.29 is 9.18 Å². The number of nitrogens with one attached hydrogen (secondary N) is 1. The molecule has 0 atom stereocenters. The van der Waals surface area contributed by atoms with E-state index in [4.69, 9.17) is 0 Å². The second-order valence-electron chi connectivity index (χ2n) is 4.86. The molecule has 104 valence electrons. The quantitative estimate of drug-likeness (QED) is 0.843. The van der Waals surface area contributed by atoms with Crippen molar-refractivity contribution in [3.8, 4) is 0 Å². The summed E-state index contributed by atoms with van der Waals surface area (Å²) in [4.78, 5) is 12.0. The summed E-state index contributed by atoms with van der Waals surface area (Å²) < 4.78 is 14.3. The summed E-state index contributed by atoms with van der Waals surface area (Å²) >= 11 is 3.16. The zero-order valence-electron chi connectivity index (χ0n) is 11.3. The number of amides is 1. The molecule has 0 spiro atoms. The van der Waals surface area contributed by atoms with Gasteiger partial charge in [0.1, 0.15) is 5.82 Å². The predicted molar refractivity (Wildman–Crippen MR) is 82.6 cm³/mol. The first-order chi connectivity index (χ1) is 9.47. The van der Waals surface area contributed by atoms with Crippen LogP contribution in [0.25, 0.3) is 0 Å². The average Bonchev–Trinajstić information content (AvgIpc) is 2.39. The summed E-state index contributed by atoms with van der Waals surface area (Å²) in [6.45, 7) is 4.20. The minimum Gasteiger partial charge on any atom is -0.322 e. The summed E-state index contributed by atoms with van der Waals surface area (Å²) in [5.74, 6) is -0.563. The van der Waals surface area contributed by atoms with Crippen molar-refractivity contribution in [2.45, 2.75) is 19.8 Å². The molecule has 0 saturated carbocycles. The lowest BCUT2D eigenvalue weighted by atomic mass is 10.0. The van der Waals surface area contributed by atoms with Crippen LogP contribution in [0.5, 0.6) is 0 Å². The maximum Gasteiger partial charge on any atom is 0.258 e. The fraction of sp³-hybridized carbons (Fsp3) is 0.188. The number of hydrogen-bond donors (Lipinski definition) is 1. The van der Waals surface area contributed by atoms with Gasteiger partial charge in [0, 0.05) is 10.2 Å². The number of rotatable bonds is 3. The van der Waals surface area contributed by atoms with Crippen LogP contribution in [0.4, 0.5) is 10.1 Å².